The molecule has 2 aliphatic heterocycles. The predicted molar refractivity (Wildman–Crippen MR) is 110 cm³/mol. The molecular weight excluding hydrogens is 472 g/mol. The number of fused-ring (bicyclic) bond motifs is 1. The number of hydrogen-bond donors (Lipinski definition) is 2. The van der Waals surface area contributed by atoms with Gasteiger partial charge in [-0.3, -0.25) is 18.7 Å². The molecule has 0 aliphatic carbocycles. The lowest BCUT2D eigenvalue weighted by atomic mass is 10.0. The van der Waals surface area contributed by atoms with Crippen molar-refractivity contribution in [1.29, 1.82) is 0 Å². The van der Waals surface area contributed by atoms with Gasteiger partial charge in [-0.25, -0.2) is 4.79 Å². The zero-order valence-corrected chi connectivity index (χ0v) is 18.3. The number of thiophene rings is 1. The average molecular weight is 487 g/mol. The van der Waals surface area contributed by atoms with Gasteiger partial charge in [0.2, 0.25) is 12.3 Å². The monoisotopic (exact) mass is 486 g/mol. The second-order valence-corrected chi connectivity index (χ2v) is 10.8. The summed E-state index contributed by atoms with van der Waals surface area (Å²) in [5.41, 5.74) is 0.479. The van der Waals surface area contributed by atoms with Crippen molar-refractivity contribution in [3.8, 4) is 0 Å². The number of carbonyl (C=O) groups excluding carboxylic acids is 2. The lowest BCUT2D eigenvalue weighted by Crippen LogP contribution is -2.70. The third-order valence-electron chi connectivity index (χ3n) is 4.26. The zero-order valence-electron chi connectivity index (χ0n) is 15.0. The Balaban J connectivity index is 1.41. The van der Waals surface area contributed by atoms with Crippen LogP contribution in [0.4, 0.5) is 0 Å². The van der Waals surface area contributed by atoms with Crippen LogP contribution in [0.15, 0.2) is 49.0 Å². The molecule has 1 fully saturated rings. The summed E-state index contributed by atoms with van der Waals surface area (Å²) in [6.45, 7) is 0. The van der Waals surface area contributed by atoms with E-state index in [4.69, 9.17) is 4.42 Å². The van der Waals surface area contributed by atoms with Crippen LogP contribution in [0.2, 0.25) is 0 Å². The molecular formula is C16H14N4O6S4. The van der Waals surface area contributed by atoms with Crippen molar-refractivity contribution >= 4 is 63.4 Å². The highest BCUT2D eigenvalue weighted by molar-refractivity contribution is 8.01. The van der Waals surface area contributed by atoms with Gasteiger partial charge in [-0.05, 0) is 17.0 Å². The number of carbonyl (C=O) groups is 3. The highest BCUT2D eigenvalue weighted by Crippen LogP contribution is 2.41. The van der Waals surface area contributed by atoms with E-state index in [2.05, 4.69) is 15.5 Å². The van der Waals surface area contributed by atoms with Crippen molar-refractivity contribution < 1.29 is 28.1 Å². The molecule has 2 aliphatic rings. The van der Waals surface area contributed by atoms with Gasteiger partial charge in [0.05, 0.1) is 15.0 Å². The van der Waals surface area contributed by atoms with Gasteiger partial charge < -0.3 is 14.8 Å². The van der Waals surface area contributed by atoms with E-state index in [9.17, 15) is 23.7 Å². The van der Waals surface area contributed by atoms with E-state index >= 15 is 0 Å². The van der Waals surface area contributed by atoms with Crippen LogP contribution in [0.5, 0.6) is 0 Å². The van der Waals surface area contributed by atoms with Crippen molar-refractivity contribution in [2.75, 3.05) is 17.3 Å². The Labute approximate surface area is 184 Å². The molecule has 2 N–H and O–H groups in total. The molecule has 158 valence electrons. The maximum Gasteiger partial charge on any atom is 0.352 e. The second kappa shape index (κ2) is 8.91. The summed E-state index contributed by atoms with van der Waals surface area (Å²) >= 11 is 3.84. The van der Waals surface area contributed by atoms with Crippen LogP contribution in [0, 0.1) is 0 Å². The highest BCUT2D eigenvalue weighted by atomic mass is 32.2. The predicted octanol–water partition coefficient (Wildman–Crippen LogP) is 0.770. The first-order chi connectivity index (χ1) is 14.5. The summed E-state index contributed by atoms with van der Waals surface area (Å²) in [4.78, 5) is 37.9. The smallest absolute Gasteiger partial charge is 0.352 e. The number of carboxylic acid groups (broad SMARTS) is 1. The standard InChI is InChI=1S/C16H14N4O6S4/c21-9(6-30(25)10-2-1-3-27-10)18-11-13(22)20-12(15(23)24)8(4-28-14(11)20)5-29-16-19-17-7-26-16/h1-3,7,11,14H,4-6H2,(H,18,21)(H,23,24)/t11?,14-,30?/m1/s1. The highest BCUT2D eigenvalue weighted by Gasteiger charge is 2.54. The number of β-lactam (4-membered cyclic amide) rings is 1. The zero-order chi connectivity index (χ0) is 21.3. The normalized spacial score (nSPS) is 21.7. The van der Waals surface area contributed by atoms with Crippen molar-refractivity contribution in [3.05, 3.63) is 35.2 Å². The Morgan fingerprint density at radius 1 is 1.47 bits per heavy atom. The first-order valence-corrected chi connectivity index (χ1v) is 12.7. The molecule has 30 heavy (non-hydrogen) atoms. The Kier molecular flexibility index (Phi) is 6.26. The van der Waals surface area contributed by atoms with Crippen LogP contribution in [0.25, 0.3) is 0 Å². The van der Waals surface area contributed by atoms with E-state index in [1.165, 1.54) is 46.2 Å². The number of nitrogens with zero attached hydrogens (tertiary/aromatic N) is 3. The van der Waals surface area contributed by atoms with Crippen LogP contribution in [-0.2, 0) is 25.2 Å². The number of aliphatic carboxylic acids is 1. The number of hydrogen-bond acceptors (Lipinski definition) is 10. The average Bonchev–Trinajstić information content (AvgIpc) is 3.43. The summed E-state index contributed by atoms with van der Waals surface area (Å²) < 4.78 is 17.8. The van der Waals surface area contributed by atoms with Gasteiger partial charge in [0.1, 0.15) is 22.9 Å². The molecule has 3 atom stereocenters. The van der Waals surface area contributed by atoms with E-state index < -0.39 is 40.0 Å². The first-order valence-electron chi connectivity index (χ1n) is 8.46. The number of aromatic nitrogens is 2. The molecule has 4 rings (SSSR count). The largest absolute Gasteiger partial charge is 0.477 e. The first kappa shape index (κ1) is 21.1. The minimum atomic E-state index is -1.49. The number of rotatable bonds is 8. The summed E-state index contributed by atoms with van der Waals surface area (Å²) in [5.74, 6) is -1.82. The van der Waals surface area contributed by atoms with E-state index in [-0.39, 0.29) is 17.2 Å². The van der Waals surface area contributed by atoms with E-state index in [1.807, 2.05) is 0 Å². The lowest BCUT2D eigenvalue weighted by molar-refractivity contribution is -0.150. The SMILES string of the molecule is O=C(CS(=O)c1cccs1)NC1C(=O)N2C(C(=O)O)=C(CSc3nnco3)CS[C@H]12. The molecule has 0 radical (unpaired) electrons. The number of thioether (sulfide) groups is 2. The Morgan fingerprint density at radius 2 is 2.30 bits per heavy atom. The summed E-state index contributed by atoms with van der Waals surface area (Å²) in [7, 11) is -1.49. The van der Waals surface area contributed by atoms with Gasteiger partial charge in [-0.2, -0.15) is 0 Å². The number of amides is 2. The minimum absolute atomic E-state index is 0.0802. The van der Waals surface area contributed by atoms with Crippen LogP contribution in [0.1, 0.15) is 0 Å². The molecule has 2 aromatic rings. The summed E-state index contributed by atoms with van der Waals surface area (Å²) in [5, 5.41) is 21.1. The van der Waals surface area contributed by atoms with Gasteiger partial charge in [-0.1, -0.05) is 17.8 Å². The van der Waals surface area contributed by atoms with Crippen molar-refractivity contribution in [2.24, 2.45) is 0 Å². The Bertz CT molecular complexity index is 1020. The maximum absolute atomic E-state index is 12.6. The summed E-state index contributed by atoms with van der Waals surface area (Å²) in [6.07, 6.45) is 1.18. The number of nitrogens with one attached hydrogen (secondary N) is 1. The molecule has 0 saturated carbocycles. The van der Waals surface area contributed by atoms with Crippen LogP contribution >= 0.6 is 34.9 Å². The third kappa shape index (κ3) is 4.17. The number of carboxylic acids is 1. The maximum atomic E-state index is 12.6. The van der Waals surface area contributed by atoms with Crippen molar-refractivity contribution in [1.82, 2.24) is 20.4 Å². The molecule has 0 bridgehead atoms. The van der Waals surface area contributed by atoms with Crippen LogP contribution < -0.4 is 5.32 Å². The molecule has 1 saturated heterocycles. The van der Waals surface area contributed by atoms with Crippen LogP contribution in [0.3, 0.4) is 0 Å². The van der Waals surface area contributed by atoms with Gasteiger partial charge in [0, 0.05) is 11.5 Å². The van der Waals surface area contributed by atoms with Gasteiger partial charge in [0.25, 0.3) is 11.1 Å². The van der Waals surface area contributed by atoms with Gasteiger partial charge in [-0.15, -0.1) is 33.3 Å². The molecule has 4 heterocycles. The fraction of sp³-hybridized carbons (Fsp3) is 0.312. The second-order valence-electron chi connectivity index (χ2n) is 6.13. The quantitative estimate of drug-likeness (QED) is 0.406. The molecule has 10 nitrogen and oxygen atoms in total. The van der Waals surface area contributed by atoms with Crippen LogP contribution in [-0.4, -0.2) is 70.9 Å². The van der Waals surface area contributed by atoms with Crippen molar-refractivity contribution in [2.45, 2.75) is 20.8 Å². The Hall–Kier alpha value is -2.16. The summed E-state index contributed by atoms with van der Waals surface area (Å²) in [6, 6.07) is 2.58. The lowest BCUT2D eigenvalue weighted by Gasteiger charge is -2.49. The fourth-order valence-electron chi connectivity index (χ4n) is 2.97. The van der Waals surface area contributed by atoms with Crippen molar-refractivity contribution in [3.63, 3.8) is 0 Å². The molecule has 2 unspecified atom stereocenters. The van der Waals surface area contributed by atoms with E-state index in [0.717, 1.165) is 0 Å². The molecule has 0 spiro atoms. The topological polar surface area (TPSA) is 143 Å². The molecule has 14 heteroatoms. The fourth-order valence-corrected chi connectivity index (χ4v) is 7.11. The molecule has 2 aromatic heterocycles. The van der Waals surface area contributed by atoms with Gasteiger partial charge >= 0.3 is 5.97 Å². The van der Waals surface area contributed by atoms with E-state index in [1.54, 1.807) is 17.5 Å². The Morgan fingerprint density at radius 3 is 2.97 bits per heavy atom. The van der Waals surface area contributed by atoms with Gasteiger partial charge in [0.15, 0.2) is 0 Å². The molecule has 0 aromatic carbocycles. The third-order valence-corrected chi connectivity index (χ3v) is 9.13. The van der Waals surface area contributed by atoms with E-state index in [0.29, 0.717) is 20.8 Å². The minimum Gasteiger partial charge on any atom is -0.477 e. The molecule has 2 amide bonds.